The molecule has 1 aliphatic rings. The first-order chi connectivity index (χ1) is 17.1. The molecule has 178 valence electrons. The van der Waals surface area contributed by atoms with Crippen molar-refractivity contribution in [2.24, 2.45) is 0 Å². The Hall–Kier alpha value is -3.78. The second-order valence-corrected chi connectivity index (χ2v) is 9.51. The van der Waals surface area contributed by atoms with Crippen LogP contribution in [0.4, 0.5) is 5.69 Å². The Kier molecular flexibility index (Phi) is 6.72. The van der Waals surface area contributed by atoms with E-state index in [0.717, 1.165) is 34.1 Å². The van der Waals surface area contributed by atoms with E-state index in [1.165, 1.54) is 17.3 Å². The van der Waals surface area contributed by atoms with Gasteiger partial charge in [0.05, 0.1) is 12.3 Å². The van der Waals surface area contributed by atoms with Gasteiger partial charge in [-0.05, 0) is 41.3 Å². The molecule has 0 aliphatic carbocycles. The summed E-state index contributed by atoms with van der Waals surface area (Å²) in [6.07, 6.45) is 0. The number of anilines is 1. The molecule has 1 N–H and O–H groups in total. The first kappa shape index (κ1) is 23.0. The second-order valence-electron chi connectivity index (χ2n) is 8.56. The number of ether oxygens (including phenoxy) is 2. The number of fused-ring (bicyclic) bond motifs is 1. The van der Waals surface area contributed by atoms with Gasteiger partial charge in [-0.1, -0.05) is 74.1 Å². The van der Waals surface area contributed by atoms with Crippen molar-refractivity contribution in [1.82, 2.24) is 14.8 Å². The average Bonchev–Trinajstić information content (AvgIpc) is 3.50. The van der Waals surface area contributed by atoms with Crippen molar-refractivity contribution in [2.45, 2.75) is 31.5 Å². The Morgan fingerprint density at radius 2 is 1.83 bits per heavy atom. The lowest BCUT2D eigenvalue weighted by molar-refractivity contribution is -0.113. The fourth-order valence-corrected chi connectivity index (χ4v) is 4.60. The fraction of sp³-hybridized carbons (Fsp3) is 0.222. The normalized spacial score (nSPS) is 12.2. The Labute approximate surface area is 208 Å². The molecule has 1 aromatic heterocycles. The molecule has 7 nitrogen and oxygen atoms in total. The molecule has 1 aliphatic heterocycles. The molecule has 0 fully saturated rings. The van der Waals surface area contributed by atoms with Crippen LogP contribution in [0.25, 0.3) is 11.4 Å². The highest BCUT2D eigenvalue weighted by atomic mass is 32.2. The molecule has 0 saturated carbocycles. The summed E-state index contributed by atoms with van der Waals surface area (Å²) in [6.45, 7) is 5.04. The largest absolute Gasteiger partial charge is 0.454 e. The number of hydrogen-bond acceptors (Lipinski definition) is 6. The van der Waals surface area contributed by atoms with Crippen LogP contribution in [-0.2, 0) is 11.3 Å². The van der Waals surface area contributed by atoms with Gasteiger partial charge in [-0.15, -0.1) is 10.2 Å². The molecular weight excluding hydrogens is 460 g/mol. The number of amides is 1. The number of nitrogens with zero attached hydrogens (tertiary/aromatic N) is 3. The molecule has 0 saturated heterocycles. The van der Waals surface area contributed by atoms with Crippen molar-refractivity contribution in [2.75, 3.05) is 17.9 Å². The highest BCUT2D eigenvalue weighted by Crippen LogP contribution is 2.34. The first-order valence-electron chi connectivity index (χ1n) is 11.5. The van der Waals surface area contributed by atoms with Crippen molar-refractivity contribution in [1.29, 1.82) is 0 Å². The Balaban J connectivity index is 1.35. The molecule has 1 amide bonds. The number of rotatable bonds is 8. The minimum absolute atomic E-state index is 0.0882. The summed E-state index contributed by atoms with van der Waals surface area (Å²) in [5, 5.41) is 12.5. The van der Waals surface area contributed by atoms with Crippen LogP contribution in [0.2, 0.25) is 0 Å². The smallest absolute Gasteiger partial charge is 0.234 e. The van der Waals surface area contributed by atoms with E-state index in [9.17, 15) is 4.79 Å². The standard InChI is InChI=1S/C27H26N4O3S/c1-18(2)21-9-6-10-22(14-21)28-25(32)16-35-27-30-29-26(20-7-4-3-5-8-20)31(27)15-19-11-12-23-24(13-19)34-17-33-23/h3-14,18H,15-17H2,1-2H3,(H,28,32). The molecule has 5 rings (SSSR count). The SMILES string of the molecule is CC(C)c1cccc(NC(=O)CSc2nnc(-c3ccccc3)n2Cc2ccc3c(c2)OCO3)c1. The summed E-state index contributed by atoms with van der Waals surface area (Å²) in [7, 11) is 0. The maximum atomic E-state index is 12.7. The summed E-state index contributed by atoms with van der Waals surface area (Å²) < 4.78 is 13.0. The van der Waals surface area contributed by atoms with Crippen molar-refractivity contribution >= 4 is 23.4 Å². The maximum Gasteiger partial charge on any atom is 0.234 e. The van der Waals surface area contributed by atoms with Crippen molar-refractivity contribution < 1.29 is 14.3 Å². The molecule has 2 heterocycles. The van der Waals surface area contributed by atoms with Crippen LogP contribution in [0.15, 0.2) is 78.0 Å². The average molecular weight is 487 g/mol. The van der Waals surface area contributed by atoms with E-state index in [1.807, 2.05) is 71.3 Å². The summed E-state index contributed by atoms with van der Waals surface area (Å²) in [5.74, 6) is 2.75. The molecule has 3 aromatic carbocycles. The molecule has 0 unspecified atom stereocenters. The van der Waals surface area contributed by atoms with Gasteiger partial charge in [-0.2, -0.15) is 0 Å². The third kappa shape index (κ3) is 5.33. The van der Waals surface area contributed by atoms with E-state index in [1.54, 1.807) is 0 Å². The molecule has 0 bridgehead atoms. The molecule has 0 spiro atoms. The molecule has 0 radical (unpaired) electrons. The summed E-state index contributed by atoms with van der Waals surface area (Å²) in [5.41, 5.74) is 3.98. The van der Waals surface area contributed by atoms with Gasteiger partial charge >= 0.3 is 0 Å². The van der Waals surface area contributed by atoms with E-state index < -0.39 is 0 Å². The minimum atomic E-state index is -0.0882. The van der Waals surface area contributed by atoms with E-state index in [-0.39, 0.29) is 18.5 Å². The maximum absolute atomic E-state index is 12.7. The zero-order chi connectivity index (χ0) is 24.2. The number of carbonyl (C=O) groups excluding carboxylic acids is 1. The monoisotopic (exact) mass is 486 g/mol. The Morgan fingerprint density at radius 1 is 1.00 bits per heavy atom. The van der Waals surface area contributed by atoms with Crippen molar-refractivity contribution in [3.63, 3.8) is 0 Å². The molecule has 0 atom stereocenters. The number of thioether (sulfide) groups is 1. The van der Waals surface area contributed by atoms with Gasteiger partial charge in [0.2, 0.25) is 12.7 Å². The van der Waals surface area contributed by atoms with Gasteiger partial charge in [0.1, 0.15) is 0 Å². The van der Waals surface area contributed by atoms with Crippen LogP contribution in [0.3, 0.4) is 0 Å². The first-order valence-corrected chi connectivity index (χ1v) is 12.4. The van der Waals surface area contributed by atoms with E-state index in [4.69, 9.17) is 9.47 Å². The summed E-state index contributed by atoms with van der Waals surface area (Å²) in [6, 6.07) is 23.8. The third-order valence-corrected chi connectivity index (χ3v) is 6.66. The fourth-order valence-electron chi connectivity index (χ4n) is 3.86. The quantitative estimate of drug-likeness (QED) is 0.328. The topological polar surface area (TPSA) is 78.3 Å². The van der Waals surface area contributed by atoms with Gasteiger partial charge in [0.25, 0.3) is 0 Å². The third-order valence-electron chi connectivity index (χ3n) is 5.70. The number of benzene rings is 3. The zero-order valence-electron chi connectivity index (χ0n) is 19.6. The van der Waals surface area contributed by atoms with Gasteiger partial charge < -0.3 is 14.8 Å². The van der Waals surface area contributed by atoms with Gasteiger partial charge in [0.15, 0.2) is 22.5 Å². The van der Waals surface area contributed by atoms with Crippen LogP contribution in [0, 0.1) is 0 Å². The summed E-state index contributed by atoms with van der Waals surface area (Å²) in [4.78, 5) is 12.7. The van der Waals surface area contributed by atoms with Crippen LogP contribution in [-0.4, -0.2) is 33.2 Å². The molecular formula is C27H26N4O3S. The van der Waals surface area contributed by atoms with E-state index in [2.05, 4.69) is 35.4 Å². The van der Waals surface area contributed by atoms with E-state index >= 15 is 0 Å². The predicted octanol–water partition coefficient (Wildman–Crippen LogP) is 5.58. The minimum Gasteiger partial charge on any atom is -0.454 e. The van der Waals surface area contributed by atoms with Gasteiger partial charge in [-0.25, -0.2) is 0 Å². The second kappa shape index (κ2) is 10.2. The lowest BCUT2D eigenvalue weighted by Crippen LogP contribution is -2.15. The van der Waals surface area contributed by atoms with Crippen LogP contribution < -0.4 is 14.8 Å². The summed E-state index contributed by atoms with van der Waals surface area (Å²) >= 11 is 1.37. The van der Waals surface area contributed by atoms with Crippen molar-refractivity contribution in [3.8, 4) is 22.9 Å². The van der Waals surface area contributed by atoms with Crippen LogP contribution >= 0.6 is 11.8 Å². The molecule has 4 aromatic rings. The highest BCUT2D eigenvalue weighted by Gasteiger charge is 2.18. The van der Waals surface area contributed by atoms with Crippen LogP contribution in [0.5, 0.6) is 11.5 Å². The van der Waals surface area contributed by atoms with Crippen LogP contribution in [0.1, 0.15) is 30.9 Å². The molecule has 8 heteroatoms. The number of aromatic nitrogens is 3. The number of carbonyl (C=O) groups is 1. The number of hydrogen-bond donors (Lipinski definition) is 1. The highest BCUT2D eigenvalue weighted by molar-refractivity contribution is 7.99. The predicted molar refractivity (Wildman–Crippen MR) is 137 cm³/mol. The number of nitrogens with one attached hydrogen (secondary N) is 1. The zero-order valence-corrected chi connectivity index (χ0v) is 20.4. The Bertz CT molecular complexity index is 1340. The van der Waals surface area contributed by atoms with E-state index in [0.29, 0.717) is 17.6 Å². The van der Waals surface area contributed by atoms with Gasteiger partial charge in [-0.3, -0.25) is 9.36 Å². The Morgan fingerprint density at radius 3 is 2.66 bits per heavy atom. The lowest BCUT2D eigenvalue weighted by Gasteiger charge is -2.12. The van der Waals surface area contributed by atoms with Gasteiger partial charge in [0, 0.05) is 11.3 Å². The lowest BCUT2D eigenvalue weighted by atomic mass is 10.0. The molecule has 35 heavy (non-hydrogen) atoms. The van der Waals surface area contributed by atoms with Crippen molar-refractivity contribution in [3.05, 3.63) is 83.9 Å².